The van der Waals surface area contributed by atoms with Gasteiger partial charge in [0.1, 0.15) is 11.6 Å². The quantitative estimate of drug-likeness (QED) is 0.721. The molecule has 0 radical (unpaired) electrons. The summed E-state index contributed by atoms with van der Waals surface area (Å²) in [4.78, 5) is 9.18. The van der Waals surface area contributed by atoms with Crippen molar-refractivity contribution >= 4 is 11.8 Å². The molecule has 2 rings (SSSR count). The summed E-state index contributed by atoms with van der Waals surface area (Å²) in [7, 11) is 3.11. The molecule has 1 saturated carbocycles. The Kier molecular flexibility index (Phi) is 3.82. The third-order valence-electron chi connectivity index (χ3n) is 3.80. The van der Waals surface area contributed by atoms with E-state index in [4.69, 9.17) is 9.47 Å². The summed E-state index contributed by atoms with van der Waals surface area (Å²) in [6, 6.07) is -0.180. The Hall–Kier alpha value is -1.14. The Labute approximate surface area is 113 Å². The molecule has 0 amide bonds. The summed E-state index contributed by atoms with van der Waals surface area (Å²) in [6.45, 7) is 4.07. The number of methoxy groups -OCH3 is 2. The van der Waals surface area contributed by atoms with Crippen molar-refractivity contribution in [3.05, 3.63) is 0 Å². The molecule has 1 heterocycles. The number of nitrogens with zero attached hydrogens (tertiary/aromatic N) is 2. The van der Waals surface area contributed by atoms with Crippen LogP contribution in [0.4, 0.5) is 0 Å². The topological polar surface area (TPSA) is 83.6 Å². The fourth-order valence-corrected chi connectivity index (χ4v) is 2.78. The average molecular weight is 270 g/mol. The minimum absolute atomic E-state index is 0.180. The molecule has 2 N–H and O–H groups in total. The van der Waals surface area contributed by atoms with Crippen LogP contribution in [0.3, 0.4) is 0 Å². The van der Waals surface area contributed by atoms with E-state index in [2.05, 4.69) is 9.98 Å². The van der Waals surface area contributed by atoms with Gasteiger partial charge in [0.05, 0.1) is 26.4 Å². The van der Waals surface area contributed by atoms with Crippen LogP contribution in [0.2, 0.25) is 0 Å². The predicted molar refractivity (Wildman–Crippen MR) is 71.5 cm³/mol. The third kappa shape index (κ3) is 2.34. The molecule has 2 aliphatic rings. The lowest BCUT2D eigenvalue weighted by atomic mass is 9.93. The summed E-state index contributed by atoms with van der Waals surface area (Å²) < 4.78 is 10.7. The van der Waals surface area contributed by atoms with E-state index in [1.54, 1.807) is 14.2 Å². The highest BCUT2D eigenvalue weighted by atomic mass is 16.5. The number of hydrogen-bond acceptors (Lipinski definition) is 6. The van der Waals surface area contributed by atoms with Gasteiger partial charge in [-0.25, -0.2) is 9.98 Å². The molecular weight excluding hydrogens is 248 g/mol. The van der Waals surface area contributed by atoms with Gasteiger partial charge in [0, 0.05) is 12.8 Å². The van der Waals surface area contributed by atoms with Crippen LogP contribution in [0.15, 0.2) is 9.98 Å². The van der Waals surface area contributed by atoms with Crippen LogP contribution in [0.25, 0.3) is 0 Å². The molecule has 0 aromatic carbocycles. The first kappa shape index (κ1) is 14.3. The van der Waals surface area contributed by atoms with Gasteiger partial charge in [-0.3, -0.25) is 0 Å². The zero-order valence-electron chi connectivity index (χ0n) is 11.8. The maximum Gasteiger partial charge on any atom is 0.212 e. The highest BCUT2D eigenvalue weighted by Gasteiger charge is 2.52. The summed E-state index contributed by atoms with van der Waals surface area (Å²) >= 11 is 0. The molecule has 1 unspecified atom stereocenters. The maximum absolute atomic E-state index is 9.79. The number of aliphatic hydroxyl groups excluding tert-OH is 2. The van der Waals surface area contributed by atoms with E-state index in [0.29, 0.717) is 24.6 Å². The molecule has 1 aliphatic carbocycles. The van der Waals surface area contributed by atoms with E-state index >= 15 is 0 Å². The molecule has 4 atom stereocenters. The van der Waals surface area contributed by atoms with E-state index in [1.165, 1.54) is 0 Å². The lowest BCUT2D eigenvalue weighted by Gasteiger charge is -2.33. The van der Waals surface area contributed by atoms with Gasteiger partial charge >= 0.3 is 0 Å². The molecule has 0 aromatic heterocycles. The fourth-order valence-electron chi connectivity index (χ4n) is 2.78. The second-order valence-electron chi connectivity index (χ2n) is 5.56. The van der Waals surface area contributed by atoms with Crippen LogP contribution in [0, 0.1) is 5.92 Å². The monoisotopic (exact) mass is 270 g/mol. The molecule has 1 aliphatic heterocycles. The average Bonchev–Trinajstić information content (AvgIpc) is 2.64. The normalized spacial score (nSPS) is 38.4. The van der Waals surface area contributed by atoms with Crippen molar-refractivity contribution in [2.45, 2.75) is 50.5 Å². The van der Waals surface area contributed by atoms with Gasteiger partial charge in [0.25, 0.3) is 0 Å². The van der Waals surface area contributed by atoms with Crippen molar-refractivity contribution in [3.63, 3.8) is 0 Å². The second-order valence-corrected chi connectivity index (χ2v) is 5.56. The Bertz CT molecular complexity index is 395. The number of rotatable bonds is 1. The van der Waals surface area contributed by atoms with Crippen molar-refractivity contribution < 1.29 is 19.7 Å². The summed E-state index contributed by atoms with van der Waals surface area (Å²) in [5.41, 5.74) is -0.787. The number of ether oxygens (including phenoxy) is 2. The van der Waals surface area contributed by atoms with Crippen LogP contribution in [0.5, 0.6) is 0 Å². The third-order valence-corrected chi connectivity index (χ3v) is 3.80. The van der Waals surface area contributed by atoms with Gasteiger partial charge in [-0.2, -0.15) is 0 Å². The number of aliphatic imine (C=N–C) groups is 2. The molecule has 6 heteroatoms. The van der Waals surface area contributed by atoms with Gasteiger partial charge in [-0.15, -0.1) is 0 Å². The highest BCUT2D eigenvalue weighted by Crippen LogP contribution is 2.38. The van der Waals surface area contributed by atoms with E-state index in [9.17, 15) is 10.2 Å². The molecule has 0 aromatic rings. The molecule has 0 saturated heterocycles. The van der Waals surface area contributed by atoms with E-state index in [1.807, 2.05) is 13.8 Å². The summed E-state index contributed by atoms with van der Waals surface area (Å²) in [6.07, 6.45) is -1.01. The van der Waals surface area contributed by atoms with Crippen LogP contribution < -0.4 is 0 Å². The molecule has 1 fully saturated rings. The SMILES string of the molecule is COC1=NC2(C[C@@H](O)[C@@H](O)C2)C(OC)=N[C@@H]1C(C)C. The lowest BCUT2D eigenvalue weighted by molar-refractivity contribution is 0.0438. The van der Waals surface area contributed by atoms with E-state index in [0.717, 1.165) is 0 Å². The minimum Gasteiger partial charge on any atom is -0.483 e. The number of hydrogen-bond donors (Lipinski definition) is 2. The Morgan fingerprint density at radius 2 is 1.74 bits per heavy atom. The standard InChI is InChI=1S/C13H22N2O4/c1-7(2)10-11(18-3)15-13(12(14-10)19-4)5-8(16)9(17)6-13/h7-10,16-17H,5-6H2,1-4H3/t8-,9+,10-,13?/m1/s1. The zero-order valence-corrected chi connectivity index (χ0v) is 11.8. The van der Waals surface area contributed by atoms with Crippen molar-refractivity contribution in [3.8, 4) is 0 Å². The molecule has 1 spiro atoms. The highest BCUT2D eigenvalue weighted by molar-refractivity contribution is 5.97. The largest absolute Gasteiger partial charge is 0.483 e. The van der Waals surface area contributed by atoms with Gasteiger partial charge in [-0.05, 0) is 5.92 Å². The Morgan fingerprint density at radius 1 is 1.16 bits per heavy atom. The maximum atomic E-state index is 9.79. The Morgan fingerprint density at radius 3 is 2.16 bits per heavy atom. The van der Waals surface area contributed by atoms with Crippen LogP contribution in [-0.2, 0) is 9.47 Å². The second kappa shape index (κ2) is 5.09. The lowest BCUT2D eigenvalue weighted by Crippen LogP contribution is -2.45. The molecule has 108 valence electrons. The molecule has 6 nitrogen and oxygen atoms in total. The molecule has 0 bridgehead atoms. The first-order chi connectivity index (χ1) is 8.93. The van der Waals surface area contributed by atoms with Crippen LogP contribution in [-0.4, -0.2) is 60.0 Å². The van der Waals surface area contributed by atoms with Crippen molar-refractivity contribution in [1.82, 2.24) is 0 Å². The first-order valence-corrected chi connectivity index (χ1v) is 6.55. The zero-order chi connectivity index (χ0) is 14.2. The minimum atomic E-state index is -0.808. The van der Waals surface area contributed by atoms with Crippen molar-refractivity contribution in [2.75, 3.05) is 14.2 Å². The summed E-state index contributed by atoms with van der Waals surface area (Å²) in [5.74, 6) is 1.25. The van der Waals surface area contributed by atoms with Gasteiger partial charge < -0.3 is 19.7 Å². The molecular formula is C13H22N2O4. The molecule has 19 heavy (non-hydrogen) atoms. The van der Waals surface area contributed by atoms with Crippen molar-refractivity contribution in [2.24, 2.45) is 15.9 Å². The number of aliphatic hydroxyl groups is 2. The fraction of sp³-hybridized carbons (Fsp3) is 0.846. The smallest absolute Gasteiger partial charge is 0.212 e. The van der Waals surface area contributed by atoms with Gasteiger partial charge in [0.2, 0.25) is 11.8 Å². The van der Waals surface area contributed by atoms with Gasteiger partial charge in [-0.1, -0.05) is 13.8 Å². The van der Waals surface area contributed by atoms with Crippen LogP contribution in [0.1, 0.15) is 26.7 Å². The predicted octanol–water partition coefficient (Wildman–Crippen LogP) is 0.369. The van der Waals surface area contributed by atoms with E-state index < -0.39 is 17.7 Å². The summed E-state index contributed by atoms with van der Waals surface area (Å²) in [5, 5.41) is 19.6. The van der Waals surface area contributed by atoms with Gasteiger partial charge in [0.15, 0.2) is 0 Å². The Balaban J connectivity index is 2.39. The van der Waals surface area contributed by atoms with Crippen molar-refractivity contribution in [1.29, 1.82) is 0 Å². The van der Waals surface area contributed by atoms with E-state index in [-0.39, 0.29) is 12.0 Å². The van der Waals surface area contributed by atoms with Crippen LogP contribution >= 0.6 is 0 Å². The first-order valence-electron chi connectivity index (χ1n) is 6.55.